The first kappa shape index (κ1) is 14.0. The molecule has 0 bridgehead atoms. The number of nitrogens with zero attached hydrogens (tertiary/aromatic N) is 1. The molecule has 0 spiro atoms. The van der Waals surface area contributed by atoms with Crippen LogP contribution in [0, 0.1) is 0 Å². The normalized spacial score (nSPS) is 10.9. The Hall–Kier alpha value is -1.98. The Balaban J connectivity index is 2.10. The van der Waals surface area contributed by atoms with Crippen molar-refractivity contribution in [3.63, 3.8) is 0 Å². The monoisotopic (exact) mass is 317 g/mol. The lowest BCUT2D eigenvalue weighted by atomic mass is 10.0. The molecule has 0 unspecified atom stereocenters. The third kappa shape index (κ3) is 2.75. The molecule has 0 fully saturated rings. The molecular weight excluding hydrogens is 306 g/mol. The largest absolute Gasteiger partial charge is 0.398 e. The van der Waals surface area contributed by atoms with E-state index in [2.05, 4.69) is 9.97 Å². The van der Waals surface area contributed by atoms with Crippen molar-refractivity contribution >= 4 is 46.4 Å². The zero-order valence-corrected chi connectivity index (χ0v) is 12.5. The van der Waals surface area contributed by atoms with E-state index in [1.807, 2.05) is 36.4 Å². The Morgan fingerprint density at radius 1 is 1.29 bits per heavy atom. The summed E-state index contributed by atoms with van der Waals surface area (Å²) in [5, 5.41) is 1.31. The van der Waals surface area contributed by atoms with E-state index in [0.29, 0.717) is 21.6 Å². The van der Waals surface area contributed by atoms with Crippen molar-refractivity contribution in [2.75, 3.05) is 11.5 Å². The standard InChI is InChI=1S/C15H12ClN3OS/c16-11-8-14-13(18-15(19-14)21-6-5-20)7-10(11)9-3-1-2-4-12(9)17/h1-5,7-8H,6,17H2,(H,18,19). The van der Waals surface area contributed by atoms with E-state index in [1.165, 1.54) is 11.8 Å². The minimum atomic E-state index is 0.367. The predicted octanol–water partition coefficient (Wildman–Crippen LogP) is 3.76. The van der Waals surface area contributed by atoms with E-state index >= 15 is 0 Å². The summed E-state index contributed by atoms with van der Waals surface area (Å²) in [7, 11) is 0. The van der Waals surface area contributed by atoms with Gasteiger partial charge < -0.3 is 15.5 Å². The van der Waals surface area contributed by atoms with Gasteiger partial charge in [-0.2, -0.15) is 0 Å². The number of H-pyrrole nitrogens is 1. The molecule has 0 saturated carbocycles. The number of rotatable bonds is 4. The van der Waals surface area contributed by atoms with E-state index in [4.69, 9.17) is 17.3 Å². The van der Waals surface area contributed by atoms with Crippen molar-refractivity contribution in [3.05, 3.63) is 41.4 Å². The Morgan fingerprint density at radius 3 is 2.86 bits per heavy atom. The van der Waals surface area contributed by atoms with Crippen LogP contribution in [0.2, 0.25) is 5.02 Å². The number of aromatic amines is 1. The number of carbonyl (C=O) groups excluding carboxylic acids is 1. The number of thioether (sulfide) groups is 1. The Morgan fingerprint density at radius 2 is 2.10 bits per heavy atom. The number of hydrogen-bond donors (Lipinski definition) is 2. The number of aromatic nitrogens is 2. The number of nitrogen functional groups attached to an aromatic ring is 1. The molecule has 106 valence electrons. The smallest absolute Gasteiger partial charge is 0.166 e. The number of carbonyl (C=O) groups is 1. The molecule has 0 atom stereocenters. The quantitative estimate of drug-likeness (QED) is 0.436. The van der Waals surface area contributed by atoms with E-state index < -0.39 is 0 Å². The maximum absolute atomic E-state index is 10.4. The van der Waals surface area contributed by atoms with Crippen molar-refractivity contribution in [2.24, 2.45) is 0 Å². The Kier molecular flexibility index (Phi) is 3.86. The number of benzene rings is 2. The number of aldehydes is 1. The molecule has 0 aliphatic carbocycles. The third-order valence-corrected chi connectivity index (χ3v) is 4.17. The Bertz CT molecular complexity index is 816. The van der Waals surface area contributed by atoms with Gasteiger partial charge in [0, 0.05) is 16.8 Å². The molecule has 3 rings (SSSR count). The highest BCUT2D eigenvalue weighted by molar-refractivity contribution is 7.99. The molecule has 1 heterocycles. The molecule has 3 N–H and O–H groups in total. The number of para-hydroxylation sites is 1. The van der Waals surface area contributed by atoms with Gasteiger partial charge in [0.05, 0.1) is 21.8 Å². The average Bonchev–Trinajstić information content (AvgIpc) is 2.86. The lowest BCUT2D eigenvalue weighted by molar-refractivity contribution is -0.105. The van der Waals surface area contributed by atoms with Crippen molar-refractivity contribution < 1.29 is 4.79 Å². The molecule has 3 aromatic rings. The first-order valence-electron chi connectivity index (χ1n) is 6.29. The van der Waals surface area contributed by atoms with Gasteiger partial charge in [0.25, 0.3) is 0 Å². The topological polar surface area (TPSA) is 71.8 Å². The number of nitrogens with two attached hydrogens (primary N) is 1. The summed E-state index contributed by atoms with van der Waals surface area (Å²) < 4.78 is 0. The van der Waals surface area contributed by atoms with Gasteiger partial charge >= 0.3 is 0 Å². The summed E-state index contributed by atoms with van der Waals surface area (Å²) in [6, 6.07) is 11.3. The van der Waals surface area contributed by atoms with Crippen LogP contribution in [-0.4, -0.2) is 22.0 Å². The first-order chi connectivity index (χ1) is 10.2. The van der Waals surface area contributed by atoms with Gasteiger partial charge in [0.1, 0.15) is 6.29 Å². The number of hydrogen-bond acceptors (Lipinski definition) is 4. The molecule has 4 nitrogen and oxygen atoms in total. The summed E-state index contributed by atoms with van der Waals surface area (Å²) in [6.07, 6.45) is 0.848. The van der Waals surface area contributed by atoms with E-state index in [0.717, 1.165) is 28.4 Å². The summed E-state index contributed by atoms with van der Waals surface area (Å²) in [4.78, 5) is 18.0. The summed E-state index contributed by atoms with van der Waals surface area (Å²) in [5.41, 5.74) is 10.0. The van der Waals surface area contributed by atoms with Gasteiger partial charge in [0.2, 0.25) is 0 Å². The fourth-order valence-electron chi connectivity index (χ4n) is 2.14. The lowest BCUT2D eigenvalue weighted by Crippen LogP contribution is -1.90. The molecule has 6 heteroatoms. The third-order valence-electron chi connectivity index (χ3n) is 3.09. The lowest BCUT2D eigenvalue weighted by Gasteiger charge is -2.07. The van der Waals surface area contributed by atoms with Crippen molar-refractivity contribution in [1.82, 2.24) is 9.97 Å². The van der Waals surface area contributed by atoms with Crippen LogP contribution < -0.4 is 5.73 Å². The Labute approximate surface area is 130 Å². The van der Waals surface area contributed by atoms with Gasteiger partial charge in [-0.3, -0.25) is 0 Å². The molecule has 1 aromatic heterocycles. The first-order valence-corrected chi connectivity index (χ1v) is 7.66. The number of fused-ring (bicyclic) bond motifs is 1. The van der Waals surface area contributed by atoms with Crippen LogP contribution in [0.1, 0.15) is 0 Å². The molecule has 21 heavy (non-hydrogen) atoms. The second-order valence-corrected chi connectivity index (χ2v) is 5.87. The molecule has 0 aliphatic rings. The van der Waals surface area contributed by atoms with E-state index in [1.54, 1.807) is 0 Å². The highest BCUT2D eigenvalue weighted by atomic mass is 35.5. The number of imidazole rings is 1. The van der Waals surface area contributed by atoms with Crippen LogP contribution in [0.5, 0.6) is 0 Å². The fraction of sp³-hybridized carbons (Fsp3) is 0.0667. The van der Waals surface area contributed by atoms with E-state index in [-0.39, 0.29) is 0 Å². The van der Waals surface area contributed by atoms with Gasteiger partial charge in [-0.25, -0.2) is 4.98 Å². The summed E-state index contributed by atoms with van der Waals surface area (Å²) in [6.45, 7) is 0. The number of nitrogens with one attached hydrogen (secondary N) is 1. The molecule has 0 radical (unpaired) electrons. The van der Waals surface area contributed by atoms with Crippen LogP contribution in [0.3, 0.4) is 0 Å². The van der Waals surface area contributed by atoms with Crippen molar-refractivity contribution in [2.45, 2.75) is 5.16 Å². The minimum absolute atomic E-state index is 0.367. The number of anilines is 1. The summed E-state index contributed by atoms with van der Waals surface area (Å²) >= 11 is 7.71. The van der Waals surface area contributed by atoms with Crippen LogP contribution in [-0.2, 0) is 4.79 Å². The van der Waals surface area contributed by atoms with Gasteiger partial charge in [0.15, 0.2) is 5.16 Å². The van der Waals surface area contributed by atoms with Crippen molar-refractivity contribution in [3.8, 4) is 11.1 Å². The molecule has 0 saturated heterocycles. The second kappa shape index (κ2) is 5.79. The predicted molar refractivity (Wildman–Crippen MR) is 87.7 cm³/mol. The zero-order chi connectivity index (χ0) is 14.8. The zero-order valence-electron chi connectivity index (χ0n) is 11.0. The second-order valence-electron chi connectivity index (χ2n) is 4.46. The molecule has 2 aromatic carbocycles. The maximum Gasteiger partial charge on any atom is 0.166 e. The van der Waals surface area contributed by atoms with Gasteiger partial charge in [-0.15, -0.1) is 0 Å². The molecular formula is C15H12ClN3OS. The molecule has 0 amide bonds. The highest BCUT2D eigenvalue weighted by Crippen LogP contribution is 2.35. The van der Waals surface area contributed by atoms with Gasteiger partial charge in [-0.1, -0.05) is 41.6 Å². The van der Waals surface area contributed by atoms with Crippen LogP contribution in [0.4, 0.5) is 5.69 Å². The molecule has 0 aliphatic heterocycles. The average molecular weight is 318 g/mol. The summed E-state index contributed by atoms with van der Waals surface area (Å²) in [5.74, 6) is 0.367. The fourth-order valence-corrected chi connectivity index (χ4v) is 2.97. The SMILES string of the molecule is Nc1ccccc1-c1cc2nc(SCC=O)[nH]c2cc1Cl. The number of halogens is 1. The van der Waals surface area contributed by atoms with Crippen molar-refractivity contribution in [1.29, 1.82) is 0 Å². The van der Waals surface area contributed by atoms with Crippen LogP contribution >= 0.6 is 23.4 Å². The van der Waals surface area contributed by atoms with E-state index in [9.17, 15) is 4.79 Å². The maximum atomic E-state index is 10.4. The highest BCUT2D eigenvalue weighted by Gasteiger charge is 2.11. The van der Waals surface area contributed by atoms with Crippen LogP contribution in [0.25, 0.3) is 22.2 Å². The van der Waals surface area contributed by atoms with Gasteiger partial charge in [-0.05, 0) is 18.2 Å². The van der Waals surface area contributed by atoms with Crippen LogP contribution in [0.15, 0.2) is 41.6 Å². The minimum Gasteiger partial charge on any atom is -0.398 e.